The smallest absolute Gasteiger partial charge is 0.315 e. The summed E-state index contributed by atoms with van der Waals surface area (Å²) in [5, 5.41) is 15.5. The van der Waals surface area contributed by atoms with Crippen LogP contribution in [0.4, 0.5) is 4.79 Å². The largest absolute Gasteiger partial charge is 0.393 e. The normalized spacial score (nSPS) is 30.6. The third-order valence-electron chi connectivity index (χ3n) is 4.58. The quantitative estimate of drug-likeness (QED) is 0.722. The molecular formula is C16H31N3O2. The van der Waals surface area contributed by atoms with Crippen molar-refractivity contribution in [3.8, 4) is 0 Å². The molecule has 1 aliphatic heterocycles. The third kappa shape index (κ3) is 5.83. The Morgan fingerprint density at radius 2 is 1.95 bits per heavy atom. The van der Waals surface area contributed by atoms with E-state index in [1.165, 1.54) is 6.42 Å². The Kier molecular flexibility index (Phi) is 6.30. The predicted octanol–water partition coefficient (Wildman–Crippen LogP) is 1.57. The first kappa shape index (κ1) is 16.6. The molecule has 0 bridgehead atoms. The minimum absolute atomic E-state index is 0.0429. The van der Waals surface area contributed by atoms with E-state index in [2.05, 4.69) is 29.4 Å². The topological polar surface area (TPSA) is 64.6 Å². The molecule has 1 atom stereocenters. The average molecular weight is 297 g/mol. The van der Waals surface area contributed by atoms with Crippen molar-refractivity contribution in [1.29, 1.82) is 0 Å². The second-order valence-electron chi connectivity index (χ2n) is 7.17. The van der Waals surface area contributed by atoms with Crippen molar-refractivity contribution in [3.05, 3.63) is 0 Å². The number of hydrogen-bond acceptors (Lipinski definition) is 3. The molecule has 21 heavy (non-hydrogen) atoms. The number of amides is 2. The SMILES string of the molecule is CC(C)CN1CCC(CNC(=O)NC2CCC(O)CC2)C1. The van der Waals surface area contributed by atoms with Gasteiger partial charge >= 0.3 is 6.03 Å². The van der Waals surface area contributed by atoms with Gasteiger partial charge in [0.25, 0.3) is 0 Å². The molecule has 0 spiro atoms. The molecule has 5 nitrogen and oxygen atoms in total. The molecular weight excluding hydrogens is 266 g/mol. The number of urea groups is 1. The lowest BCUT2D eigenvalue weighted by Gasteiger charge is -2.26. The monoisotopic (exact) mass is 297 g/mol. The fourth-order valence-corrected chi connectivity index (χ4v) is 3.46. The fraction of sp³-hybridized carbons (Fsp3) is 0.938. The highest BCUT2D eigenvalue weighted by atomic mass is 16.3. The number of aliphatic hydroxyl groups is 1. The van der Waals surface area contributed by atoms with E-state index in [9.17, 15) is 9.90 Å². The first-order chi connectivity index (χ1) is 10.0. The molecule has 3 N–H and O–H groups in total. The lowest BCUT2D eigenvalue weighted by Crippen LogP contribution is -2.45. The van der Waals surface area contributed by atoms with E-state index in [-0.39, 0.29) is 18.2 Å². The summed E-state index contributed by atoms with van der Waals surface area (Å²) < 4.78 is 0. The second-order valence-corrected chi connectivity index (χ2v) is 7.17. The number of carbonyl (C=O) groups excluding carboxylic acids is 1. The second kappa shape index (κ2) is 7.99. The first-order valence-electron chi connectivity index (χ1n) is 8.47. The summed E-state index contributed by atoms with van der Waals surface area (Å²) in [5.41, 5.74) is 0. The summed E-state index contributed by atoms with van der Waals surface area (Å²) in [6.07, 6.45) is 4.40. The lowest BCUT2D eigenvalue weighted by molar-refractivity contribution is 0.117. The van der Waals surface area contributed by atoms with E-state index in [0.717, 1.165) is 51.9 Å². The summed E-state index contributed by atoms with van der Waals surface area (Å²) in [7, 11) is 0. The van der Waals surface area contributed by atoms with Crippen LogP contribution in [0, 0.1) is 11.8 Å². The summed E-state index contributed by atoms with van der Waals surface area (Å²) in [4.78, 5) is 14.4. The third-order valence-corrected chi connectivity index (χ3v) is 4.58. The molecule has 0 aromatic heterocycles. The van der Waals surface area contributed by atoms with Gasteiger partial charge in [0.05, 0.1) is 6.10 Å². The van der Waals surface area contributed by atoms with Crippen molar-refractivity contribution in [2.24, 2.45) is 11.8 Å². The van der Waals surface area contributed by atoms with Crippen LogP contribution in [0.15, 0.2) is 0 Å². The zero-order valence-corrected chi connectivity index (χ0v) is 13.5. The van der Waals surface area contributed by atoms with E-state index < -0.39 is 0 Å². The molecule has 5 heteroatoms. The molecule has 2 amide bonds. The predicted molar refractivity (Wildman–Crippen MR) is 84.2 cm³/mol. The molecule has 2 fully saturated rings. The molecule has 0 radical (unpaired) electrons. The van der Waals surface area contributed by atoms with Crippen molar-refractivity contribution >= 4 is 6.03 Å². The molecule has 1 heterocycles. The zero-order valence-electron chi connectivity index (χ0n) is 13.5. The molecule has 2 aliphatic rings. The maximum absolute atomic E-state index is 11.9. The van der Waals surface area contributed by atoms with E-state index in [1.54, 1.807) is 0 Å². The highest BCUT2D eigenvalue weighted by molar-refractivity contribution is 5.74. The van der Waals surface area contributed by atoms with Crippen LogP contribution in [-0.2, 0) is 0 Å². The Labute approximate surface area is 128 Å². The number of nitrogens with one attached hydrogen (secondary N) is 2. The van der Waals surface area contributed by atoms with Gasteiger partial charge in [-0.1, -0.05) is 13.8 Å². The summed E-state index contributed by atoms with van der Waals surface area (Å²) in [6, 6.07) is 0.188. The average Bonchev–Trinajstić information content (AvgIpc) is 2.86. The number of likely N-dealkylation sites (tertiary alicyclic amines) is 1. The van der Waals surface area contributed by atoms with Crippen LogP contribution in [0.5, 0.6) is 0 Å². The number of carbonyl (C=O) groups is 1. The number of rotatable bonds is 5. The maximum Gasteiger partial charge on any atom is 0.315 e. The minimum Gasteiger partial charge on any atom is -0.393 e. The number of nitrogens with zero attached hydrogens (tertiary/aromatic N) is 1. The zero-order chi connectivity index (χ0) is 15.2. The van der Waals surface area contributed by atoms with E-state index in [4.69, 9.17) is 0 Å². The van der Waals surface area contributed by atoms with Crippen LogP contribution in [0.25, 0.3) is 0 Å². The molecule has 122 valence electrons. The molecule has 1 saturated carbocycles. The van der Waals surface area contributed by atoms with Crippen LogP contribution in [0.1, 0.15) is 46.0 Å². The first-order valence-corrected chi connectivity index (χ1v) is 8.47. The Bertz CT molecular complexity index is 327. The van der Waals surface area contributed by atoms with Crippen LogP contribution in [0.3, 0.4) is 0 Å². The molecule has 1 unspecified atom stereocenters. The minimum atomic E-state index is -0.170. The van der Waals surface area contributed by atoms with Crippen molar-refractivity contribution in [2.75, 3.05) is 26.2 Å². The van der Waals surface area contributed by atoms with Crippen LogP contribution in [0.2, 0.25) is 0 Å². The van der Waals surface area contributed by atoms with Gasteiger partial charge in [-0.15, -0.1) is 0 Å². The molecule has 1 saturated heterocycles. The highest BCUT2D eigenvalue weighted by Gasteiger charge is 2.24. The van der Waals surface area contributed by atoms with Gasteiger partial charge in [-0.2, -0.15) is 0 Å². The van der Waals surface area contributed by atoms with Gasteiger partial charge in [0.15, 0.2) is 0 Å². The van der Waals surface area contributed by atoms with Gasteiger partial charge in [-0.3, -0.25) is 0 Å². The van der Waals surface area contributed by atoms with Gasteiger partial charge in [-0.25, -0.2) is 4.79 Å². The van der Waals surface area contributed by atoms with Crippen molar-refractivity contribution < 1.29 is 9.90 Å². The Balaban J connectivity index is 1.59. The molecule has 1 aliphatic carbocycles. The highest BCUT2D eigenvalue weighted by Crippen LogP contribution is 2.18. The van der Waals surface area contributed by atoms with Crippen molar-refractivity contribution in [1.82, 2.24) is 15.5 Å². The van der Waals surface area contributed by atoms with Crippen molar-refractivity contribution in [3.63, 3.8) is 0 Å². The Morgan fingerprint density at radius 1 is 1.24 bits per heavy atom. The summed E-state index contributed by atoms with van der Waals surface area (Å²) >= 11 is 0. The Morgan fingerprint density at radius 3 is 2.62 bits per heavy atom. The van der Waals surface area contributed by atoms with Gasteiger partial charge < -0.3 is 20.6 Å². The van der Waals surface area contributed by atoms with Gasteiger partial charge in [0.1, 0.15) is 0 Å². The number of aliphatic hydroxyl groups excluding tert-OH is 1. The van der Waals surface area contributed by atoms with Crippen molar-refractivity contribution in [2.45, 2.75) is 58.1 Å². The lowest BCUT2D eigenvalue weighted by atomic mass is 9.93. The molecule has 0 aromatic rings. The Hall–Kier alpha value is -0.810. The van der Waals surface area contributed by atoms with E-state index in [0.29, 0.717) is 11.8 Å². The van der Waals surface area contributed by atoms with E-state index in [1.807, 2.05) is 0 Å². The maximum atomic E-state index is 11.9. The van der Waals surface area contributed by atoms with Crippen LogP contribution < -0.4 is 10.6 Å². The number of hydrogen-bond donors (Lipinski definition) is 3. The van der Waals surface area contributed by atoms with Crippen LogP contribution in [-0.4, -0.2) is 54.4 Å². The van der Waals surface area contributed by atoms with Gasteiger partial charge in [0.2, 0.25) is 0 Å². The van der Waals surface area contributed by atoms with Gasteiger partial charge in [0, 0.05) is 25.7 Å². The van der Waals surface area contributed by atoms with E-state index >= 15 is 0 Å². The molecule has 0 aromatic carbocycles. The van der Waals surface area contributed by atoms with Crippen LogP contribution >= 0.6 is 0 Å². The fourth-order valence-electron chi connectivity index (χ4n) is 3.46. The summed E-state index contributed by atoms with van der Waals surface area (Å²) in [5.74, 6) is 1.30. The standard InChI is InChI=1S/C16H31N3O2/c1-12(2)10-19-8-7-13(11-19)9-17-16(21)18-14-3-5-15(20)6-4-14/h12-15,20H,3-11H2,1-2H3,(H2,17,18,21). The van der Waals surface area contributed by atoms with Gasteiger partial charge in [-0.05, 0) is 50.5 Å². The summed E-state index contributed by atoms with van der Waals surface area (Å²) in [6.45, 7) is 8.70. The molecule has 2 rings (SSSR count).